The van der Waals surface area contributed by atoms with Gasteiger partial charge in [-0.3, -0.25) is 4.90 Å². The predicted octanol–water partition coefficient (Wildman–Crippen LogP) is 3.90. The first-order valence-corrected chi connectivity index (χ1v) is 12.6. The van der Waals surface area contributed by atoms with Crippen LogP contribution >= 0.6 is 0 Å². The largest absolute Gasteiger partial charge is 0.490 e. The third kappa shape index (κ3) is 4.58. The van der Waals surface area contributed by atoms with Crippen molar-refractivity contribution in [3.63, 3.8) is 0 Å². The van der Waals surface area contributed by atoms with Gasteiger partial charge in [-0.2, -0.15) is 0 Å². The van der Waals surface area contributed by atoms with Gasteiger partial charge in [0.15, 0.2) is 11.5 Å². The van der Waals surface area contributed by atoms with Gasteiger partial charge in [-0.1, -0.05) is 18.2 Å². The second-order valence-electron chi connectivity index (χ2n) is 9.82. The maximum atomic E-state index is 10.9. The molecule has 7 nitrogen and oxygen atoms in total. The Labute approximate surface area is 205 Å². The van der Waals surface area contributed by atoms with Crippen LogP contribution in [0, 0.1) is 6.92 Å². The Morgan fingerprint density at radius 1 is 1.03 bits per heavy atom. The Balaban J connectivity index is 1.13. The van der Waals surface area contributed by atoms with E-state index in [0.29, 0.717) is 31.8 Å². The minimum Gasteiger partial charge on any atom is -0.490 e. The molecule has 35 heavy (non-hydrogen) atoms. The highest BCUT2D eigenvalue weighted by atomic mass is 16.6. The average Bonchev–Trinajstić information content (AvgIpc) is 3.24. The smallest absolute Gasteiger partial charge is 0.163 e. The summed E-state index contributed by atoms with van der Waals surface area (Å²) < 4.78 is 17.6. The van der Waals surface area contributed by atoms with Gasteiger partial charge in [0.2, 0.25) is 0 Å². The normalized spacial score (nSPS) is 22.7. The summed E-state index contributed by atoms with van der Waals surface area (Å²) in [5.74, 6) is 2.47. The number of aromatic nitrogens is 1. The zero-order valence-corrected chi connectivity index (χ0v) is 20.2. The first kappa shape index (κ1) is 22.3. The number of hydrogen-bond acceptors (Lipinski definition) is 6. The molecular weight excluding hydrogens is 442 g/mol. The molecule has 0 amide bonds. The second kappa shape index (κ2) is 9.47. The monoisotopic (exact) mass is 475 g/mol. The highest BCUT2D eigenvalue weighted by Gasteiger charge is 2.35. The van der Waals surface area contributed by atoms with Gasteiger partial charge in [0, 0.05) is 60.1 Å². The van der Waals surface area contributed by atoms with E-state index in [2.05, 4.69) is 45.1 Å². The number of fused-ring (bicyclic) bond motifs is 6. The van der Waals surface area contributed by atoms with Crippen LogP contribution in [0.1, 0.15) is 18.5 Å². The van der Waals surface area contributed by atoms with Crippen molar-refractivity contribution in [2.45, 2.75) is 38.0 Å². The highest BCUT2D eigenvalue weighted by Crippen LogP contribution is 2.37. The first-order chi connectivity index (χ1) is 17.1. The fourth-order valence-corrected chi connectivity index (χ4v) is 5.59. The summed E-state index contributed by atoms with van der Waals surface area (Å²) in [5, 5.41) is 12.0. The Morgan fingerprint density at radius 3 is 2.74 bits per heavy atom. The number of anilines is 1. The number of aryl methyl sites for hydroxylation is 1. The topological polar surface area (TPSA) is 70.2 Å². The molecule has 7 rings (SSSR count). The van der Waals surface area contributed by atoms with Gasteiger partial charge in [-0.05, 0) is 50.1 Å². The minimum absolute atomic E-state index is 0.277. The lowest BCUT2D eigenvalue weighted by Gasteiger charge is -2.49. The zero-order valence-electron chi connectivity index (χ0n) is 20.2. The quantitative estimate of drug-likeness (QED) is 0.527. The molecule has 0 radical (unpaired) electrons. The van der Waals surface area contributed by atoms with Crippen molar-refractivity contribution < 1.29 is 19.3 Å². The molecule has 0 spiro atoms. The standard InChI is InChI=1S/C28H33N3O4/c1-19-13-24-25(29-19)7-4-8-26(24)35-18-23(32)17-30-15-22-6-3-2-5-21(30)16-31(22)20-9-10-27-28(14-20)34-12-11-33-27/h2-4,7-10,13-14,21-23,29,32H,5-6,11-12,15-18H2,1H3/t21-,22-,23-/m0/s1. The van der Waals surface area contributed by atoms with Crippen molar-refractivity contribution in [3.8, 4) is 17.2 Å². The molecule has 2 bridgehead atoms. The number of piperazine rings is 1. The first-order valence-electron chi connectivity index (χ1n) is 12.6. The van der Waals surface area contributed by atoms with Crippen LogP contribution < -0.4 is 19.1 Å². The van der Waals surface area contributed by atoms with Crippen molar-refractivity contribution in [3.05, 3.63) is 60.3 Å². The number of aliphatic hydroxyl groups is 1. The Bertz CT molecular complexity index is 1220. The van der Waals surface area contributed by atoms with Crippen LogP contribution in [0.4, 0.5) is 5.69 Å². The van der Waals surface area contributed by atoms with Crippen molar-refractivity contribution >= 4 is 16.6 Å². The summed E-state index contributed by atoms with van der Waals surface area (Å²) in [7, 11) is 0. The van der Waals surface area contributed by atoms with Crippen LogP contribution in [-0.2, 0) is 0 Å². The number of ether oxygens (including phenoxy) is 3. The molecule has 2 aromatic carbocycles. The number of aromatic amines is 1. The number of aliphatic hydroxyl groups excluding tert-OH is 1. The lowest BCUT2D eigenvalue weighted by Crippen LogP contribution is -2.60. The Hall–Kier alpha value is -3.16. The van der Waals surface area contributed by atoms with E-state index >= 15 is 0 Å². The SMILES string of the molecule is Cc1cc2c(OC[C@@H](O)CN3C[C@@H]4CC=CC[C@H]3CN4c3ccc4c(c3)OCCO4)cccc2[nH]1. The van der Waals surface area contributed by atoms with Gasteiger partial charge in [0.05, 0.1) is 0 Å². The number of nitrogens with one attached hydrogen (secondary N) is 1. The van der Waals surface area contributed by atoms with Gasteiger partial charge in [-0.15, -0.1) is 0 Å². The summed E-state index contributed by atoms with van der Waals surface area (Å²) in [6.45, 7) is 5.95. The van der Waals surface area contributed by atoms with Gasteiger partial charge in [0.1, 0.15) is 31.7 Å². The van der Waals surface area contributed by atoms with Gasteiger partial charge < -0.3 is 29.2 Å². The molecule has 2 N–H and O–H groups in total. The van der Waals surface area contributed by atoms with Crippen molar-refractivity contribution in [1.29, 1.82) is 0 Å². The van der Waals surface area contributed by atoms with E-state index in [4.69, 9.17) is 14.2 Å². The van der Waals surface area contributed by atoms with Crippen molar-refractivity contribution in [2.75, 3.05) is 44.4 Å². The molecule has 7 heteroatoms. The van der Waals surface area contributed by atoms with E-state index in [9.17, 15) is 5.11 Å². The van der Waals surface area contributed by atoms with E-state index in [-0.39, 0.29) is 6.61 Å². The molecular formula is C28H33N3O4. The molecule has 184 valence electrons. The fourth-order valence-electron chi connectivity index (χ4n) is 5.59. The molecule has 3 aromatic rings. The lowest BCUT2D eigenvalue weighted by molar-refractivity contribution is 0.0408. The lowest BCUT2D eigenvalue weighted by atomic mass is 9.96. The van der Waals surface area contributed by atoms with Crippen LogP contribution in [0.2, 0.25) is 0 Å². The number of nitrogens with zero attached hydrogens (tertiary/aromatic N) is 2. The average molecular weight is 476 g/mol. The van der Waals surface area contributed by atoms with E-state index < -0.39 is 6.10 Å². The summed E-state index contributed by atoms with van der Waals surface area (Å²) in [6.07, 6.45) is 6.00. The predicted molar refractivity (Wildman–Crippen MR) is 137 cm³/mol. The minimum atomic E-state index is -0.558. The molecule has 1 fully saturated rings. The maximum Gasteiger partial charge on any atom is 0.163 e. The second-order valence-corrected chi connectivity index (χ2v) is 9.82. The van der Waals surface area contributed by atoms with Crippen LogP contribution in [0.15, 0.2) is 54.6 Å². The Kier molecular flexibility index (Phi) is 6.04. The third-order valence-electron chi connectivity index (χ3n) is 7.29. The summed E-state index contributed by atoms with van der Waals surface area (Å²) >= 11 is 0. The molecule has 4 aliphatic heterocycles. The van der Waals surface area contributed by atoms with E-state index in [0.717, 1.165) is 59.8 Å². The van der Waals surface area contributed by atoms with Crippen molar-refractivity contribution in [1.82, 2.24) is 9.88 Å². The maximum absolute atomic E-state index is 10.9. The van der Waals surface area contributed by atoms with Gasteiger partial charge >= 0.3 is 0 Å². The van der Waals surface area contributed by atoms with Crippen LogP contribution in [0.25, 0.3) is 10.9 Å². The number of benzene rings is 2. The zero-order chi connectivity index (χ0) is 23.8. The third-order valence-corrected chi connectivity index (χ3v) is 7.29. The number of rotatable bonds is 6. The van der Waals surface area contributed by atoms with Crippen LogP contribution in [0.5, 0.6) is 17.2 Å². The molecule has 4 aliphatic rings. The molecule has 1 saturated heterocycles. The molecule has 5 heterocycles. The van der Waals surface area contributed by atoms with Crippen molar-refractivity contribution in [2.24, 2.45) is 0 Å². The summed E-state index contributed by atoms with van der Waals surface area (Å²) in [5.41, 5.74) is 3.34. The fraction of sp³-hybridized carbons (Fsp3) is 0.429. The van der Waals surface area contributed by atoms with Gasteiger partial charge in [-0.25, -0.2) is 0 Å². The van der Waals surface area contributed by atoms with E-state index in [1.807, 2.05) is 31.2 Å². The highest BCUT2D eigenvalue weighted by molar-refractivity contribution is 5.86. The molecule has 0 saturated carbocycles. The van der Waals surface area contributed by atoms with Crippen LogP contribution in [0.3, 0.4) is 0 Å². The van der Waals surface area contributed by atoms with E-state index in [1.165, 1.54) is 5.69 Å². The number of H-pyrrole nitrogens is 1. The Morgan fingerprint density at radius 2 is 1.86 bits per heavy atom. The summed E-state index contributed by atoms with van der Waals surface area (Å²) in [4.78, 5) is 8.28. The summed E-state index contributed by atoms with van der Waals surface area (Å²) in [6, 6.07) is 15.0. The van der Waals surface area contributed by atoms with E-state index in [1.54, 1.807) is 0 Å². The van der Waals surface area contributed by atoms with Crippen LogP contribution in [-0.4, -0.2) is 72.6 Å². The molecule has 0 aliphatic carbocycles. The molecule has 0 unspecified atom stereocenters. The molecule has 3 atom stereocenters. The van der Waals surface area contributed by atoms with Gasteiger partial charge in [0.25, 0.3) is 0 Å². The number of hydrogen-bond donors (Lipinski definition) is 2. The molecule has 1 aromatic heterocycles.